The number of fused-ring (bicyclic) bond motifs is 4. The SMILES string of the molecule is COC(=O)[C@]1(C)CCC[C@]2(C)c3ccc(C(C)C)c(NC(=O)Cn4cc(-c5ccc6ccccc6c5)nn4)c3CC[C@@H]12. The van der Waals surface area contributed by atoms with Crippen molar-refractivity contribution < 1.29 is 14.3 Å². The molecule has 0 bridgehead atoms. The highest BCUT2D eigenvalue weighted by atomic mass is 16.5. The van der Waals surface area contributed by atoms with Crippen LogP contribution in [0.15, 0.2) is 60.8 Å². The van der Waals surface area contributed by atoms with Gasteiger partial charge in [-0.25, -0.2) is 4.68 Å². The van der Waals surface area contributed by atoms with Gasteiger partial charge < -0.3 is 10.1 Å². The van der Waals surface area contributed by atoms with Crippen LogP contribution >= 0.6 is 0 Å². The topological polar surface area (TPSA) is 86.1 Å². The van der Waals surface area contributed by atoms with Gasteiger partial charge in [-0.3, -0.25) is 9.59 Å². The summed E-state index contributed by atoms with van der Waals surface area (Å²) < 4.78 is 6.90. The van der Waals surface area contributed by atoms with Crippen LogP contribution in [0.1, 0.15) is 76.0 Å². The first kappa shape index (κ1) is 28.1. The Kier molecular flexibility index (Phi) is 7.16. The summed E-state index contributed by atoms with van der Waals surface area (Å²) >= 11 is 0. The Morgan fingerprint density at radius 2 is 1.86 bits per heavy atom. The number of methoxy groups -OCH3 is 1. The van der Waals surface area contributed by atoms with Crippen molar-refractivity contribution in [3.8, 4) is 11.3 Å². The molecule has 6 rings (SSSR count). The molecule has 3 aromatic carbocycles. The average Bonchev–Trinajstić information content (AvgIpc) is 3.44. The number of benzene rings is 3. The monoisotopic (exact) mass is 564 g/mol. The number of carbonyl (C=O) groups is 2. The van der Waals surface area contributed by atoms with Crippen LogP contribution < -0.4 is 5.32 Å². The molecular weight excluding hydrogens is 524 g/mol. The number of nitrogens with zero attached hydrogens (tertiary/aromatic N) is 3. The van der Waals surface area contributed by atoms with Crippen molar-refractivity contribution in [1.82, 2.24) is 15.0 Å². The van der Waals surface area contributed by atoms with Gasteiger partial charge in [-0.05, 0) is 83.4 Å². The van der Waals surface area contributed by atoms with Crippen molar-refractivity contribution in [2.75, 3.05) is 12.4 Å². The molecule has 218 valence electrons. The Morgan fingerprint density at radius 3 is 2.62 bits per heavy atom. The first-order valence-electron chi connectivity index (χ1n) is 15.1. The van der Waals surface area contributed by atoms with Gasteiger partial charge >= 0.3 is 5.97 Å². The molecule has 0 spiro atoms. The van der Waals surface area contributed by atoms with Crippen LogP contribution in [0.2, 0.25) is 0 Å². The lowest BCUT2D eigenvalue weighted by atomic mass is 9.49. The van der Waals surface area contributed by atoms with Gasteiger partial charge in [0.1, 0.15) is 12.2 Å². The third-order valence-electron chi connectivity index (χ3n) is 10.0. The van der Waals surface area contributed by atoms with Gasteiger partial charge in [0.15, 0.2) is 0 Å². The number of hydrogen-bond acceptors (Lipinski definition) is 5. The van der Waals surface area contributed by atoms with E-state index in [1.54, 1.807) is 4.68 Å². The summed E-state index contributed by atoms with van der Waals surface area (Å²) in [7, 11) is 1.50. The van der Waals surface area contributed by atoms with Crippen molar-refractivity contribution >= 4 is 28.3 Å². The molecule has 1 heterocycles. The van der Waals surface area contributed by atoms with Gasteiger partial charge in [-0.2, -0.15) is 0 Å². The smallest absolute Gasteiger partial charge is 0.311 e. The lowest BCUT2D eigenvalue weighted by molar-refractivity contribution is -0.161. The summed E-state index contributed by atoms with van der Waals surface area (Å²) in [6.45, 7) is 8.78. The molecule has 1 N–H and O–H groups in total. The maximum Gasteiger partial charge on any atom is 0.311 e. The molecule has 4 aromatic rings. The van der Waals surface area contributed by atoms with Gasteiger partial charge in [0.2, 0.25) is 5.91 Å². The number of anilines is 1. The molecule has 1 fully saturated rings. The lowest BCUT2D eigenvalue weighted by Gasteiger charge is -2.54. The van der Waals surface area contributed by atoms with E-state index in [0.717, 1.165) is 60.0 Å². The number of carbonyl (C=O) groups excluding carboxylic acids is 2. The van der Waals surface area contributed by atoms with Crippen LogP contribution in [0.4, 0.5) is 5.69 Å². The average molecular weight is 565 g/mol. The van der Waals surface area contributed by atoms with Crippen LogP contribution in [-0.4, -0.2) is 34.0 Å². The predicted octanol–water partition coefficient (Wildman–Crippen LogP) is 7.04. The van der Waals surface area contributed by atoms with Crippen LogP contribution in [0.3, 0.4) is 0 Å². The second-order valence-corrected chi connectivity index (χ2v) is 12.9. The summed E-state index contributed by atoms with van der Waals surface area (Å²) in [6, 6.07) is 18.8. The predicted molar refractivity (Wildman–Crippen MR) is 165 cm³/mol. The Balaban J connectivity index is 1.27. The number of esters is 1. The number of rotatable bonds is 6. The molecule has 1 aromatic heterocycles. The summed E-state index contributed by atoms with van der Waals surface area (Å²) in [4.78, 5) is 26.5. The van der Waals surface area contributed by atoms with E-state index < -0.39 is 5.41 Å². The van der Waals surface area contributed by atoms with E-state index in [1.807, 2.05) is 24.4 Å². The van der Waals surface area contributed by atoms with E-state index in [9.17, 15) is 9.59 Å². The van der Waals surface area contributed by atoms with E-state index in [4.69, 9.17) is 4.74 Å². The first-order valence-corrected chi connectivity index (χ1v) is 15.1. The maximum atomic E-state index is 13.5. The summed E-state index contributed by atoms with van der Waals surface area (Å²) in [5, 5.41) is 14.2. The maximum absolute atomic E-state index is 13.5. The standard InChI is InChI=1S/C35H40N4O3/c1-22(2)26-13-15-28-27(14-16-30-34(28,3)17-8-18-35(30,4)33(41)42-5)32(26)36-31(40)21-39-20-29(37-38-39)25-12-11-23-9-6-7-10-24(23)19-25/h6-7,9-13,15,19-20,22,30H,8,14,16-18,21H2,1-5H3,(H,36,40)/t30-,34-,35-/m1/s1. The van der Waals surface area contributed by atoms with Crippen molar-refractivity contribution in [3.63, 3.8) is 0 Å². The summed E-state index contributed by atoms with van der Waals surface area (Å²) in [5.41, 5.74) is 5.55. The van der Waals surface area contributed by atoms with Gasteiger partial charge in [0.25, 0.3) is 0 Å². The highest BCUT2D eigenvalue weighted by molar-refractivity contribution is 5.93. The van der Waals surface area contributed by atoms with Crippen molar-refractivity contribution in [2.45, 2.75) is 77.7 Å². The molecule has 0 aliphatic heterocycles. The highest BCUT2D eigenvalue weighted by Gasteiger charge is 2.56. The van der Waals surface area contributed by atoms with Crippen molar-refractivity contribution in [3.05, 3.63) is 77.5 Å². The minimum absolute atomic E-state index is 0.0715. The van der Waals surface area contributed by atoms with Gasteiger partial charge in [0, 0.05) is 11.3 Å². The molecule has 2 aliphatic rings. The zero-order valence-electron chi connectivity index (χ0n) is 25.2. The Bertz CT molecular complexity index is 1670. The minimum Gasteiger partial charge on any atom is -0.469 e. The van der Waals surface area contributed by atoms with Crippen molar-refractivity contribution in [2.24, 2.45) is 11.3 Å². The second-order valence-electron chi connectivity index (χ2n) is 12.9. The lowest BCUT2D eigenvalue weighted by Crippen LogP contribution is -2.52. The Labute approximate surface area is 247 Å². The molecule has 7 nitrogen and oxygen atoms in total. The molecule has 1 amide bonds. The van der Waals surface area contributed by atoms with E-state index in [-0.39, 0.29) is 35.7 Å². The Morgan fingerprint density at radius 1 is 1.07 bits per heavy atom. The number of nitrogens with one attached hydrogen (secondary N) is 1. The highest BCUT2D eigenvalue weighted by Crippen LogP contribution is 2.58. The normalized spacial score (nSPS) is 23.3. The fourth-order valence-corrected chi connectivity index (χ4v) is 7.87. The second kappa shape index (κ2) is 10.7. The number of amides is 1. The van der Waals surface area contributed by atoms with Crippen LogP contribution in [0, 0.1) is 11.3 Å². The minimum atomic E-state index is -0.505. The molecule has 7 heteroatoms. The zero-order valence-corrected chi connectivity index (χ0v) is 25.2. The zero-order chi connectivity index (χ0) is 29.6. The van der Waals surface area contributed by atoms with Gasteiger partial charge in [0.05, 0.1) is 18.7 Å². The molecule has 42 heavy (non-hydrogen) atoms. The van der Waals surface area contributed by atoms with Gasteiger partial charge in [-0.1, -0.05) is 80.9 Å². The first-order chi connectivity index (χ1) is 20.1. The Hall–Kier alpha value is -4.00. The van der Waals surface area contributed by atoms with E-state index in [1.165, 1.54) is 23.6 Å². The fourth-order valence-electron chi connectivity index (χ4n) is 7.87. The van der Waals surface area contributed by atoms with E-state index in [0.29, 0.717) is 0 Å². The molecular formula is C35H40N4O3. The number of ether oxygens (including phenoxy) is 1. The van der Waals surface area contributed by atoms with E-state index in [2.05, 4.69) is 79.7 Å². The van der Waals surface area contributed by atoms with Crippen LogP contribution in [0.5, 0.6) is 0 Å². The number of aromatic nitrogens is 3. The molecule has 0 unspecified atom stereocenters. The van der Waals surface area contributed by atoms with Gasteiger partial charge in [-0.15, -0.1) is 5.10 Å². The quantitative estimate of drug-likeness (QED) is 0.254. The molecule has 0 radical (unpaired) electrons. The molecule has 2 aliphatic carbocycles. The van der Waals surface area contributed by atoms with Crippen molar-refractivity contribution in [1.29, 1.82) is 0 Å². The number of hydrogen-bond donors (Lipinski definition) is 1. The molecule has 3 atom stereocenters. The summed E-state index contributed by atoms with van der Waals surface area (Å²) in [5.74, 6) is 0.199. The fraction of sp³-hybridized carbons (Fsp3) is 0.429. The molecule has 1 saturated carbocycles. The third-order valence-corrected chi connectivity index (χ3v) is 10.0. The third kappa shape index (κ3) is 4.69. The van der Waals surface area contributed by atoms with E-state index >= 15 is 0 Å². The largest absolute Gasteiger partial charge is 0.469 e. The summed E-state index contributed by atoms with van der Waals surface area (Å²) in [6.07, 6.45) is 6.36. The van der Waals surface area contributed by atoms with Crippen LogP contribution in [0.25, 0.3) is 22.0 Å². The molecule has 0 saturated heterocycles. The van der Waals surface area contributed by atoms with Crippen LogP contribution in [-0.2, 0) is 32.7 Å².